The van der Waals surface area contributed by atoms with Crippen molar-refractivity contribution in [1.82, 2.24) is 9.97 Å². The second kappa shape index (κ2) is 5.47. The molecule has 1 fully saturated rings. The summed E-state index contributed by atoms with van der Waals surface area (Å²) >= 11 is 7.84. The molecular weight excluding hydrogens is 278 g/mol. The minimum atomic E-state index is 0.330. The van der Waals surface area contributed by atoms with Crippen LogP contribution in [0.4, 0.5) is 5.82 Å². The summed E-state index contributed by atoms with van der Waals surface area (Å²) in [5.41, 5.74) is 0. The first kappa shape index (κ1) is 12.9. The summed E-state index contributed by atoms with van der Waals surface area (Å²) in [7, 11) is 0. The molecule has 19 heavy (non-hydrogen) atoms. The van der Waals surface area contributed by atoms with E-state index < -0.39 is 0 Å². The van der Waals surface area contributed by atoms with E-state index in [4.69, 9.17) is 11.6 Å². The molecule has 1 aliphatic rings. The fourth-order valence-electron chi connectivity index (χ4n) is 2.07. The Hall–Kier alpha value is -1.13. The van der Waals surface area contributed by atoms with Gasteiger partial charge in [0.05, 0.1) is 0 Å². The highest BCUT2D eigenvalue weighted by molar-refractivity contribution is 7.09. The number of hydrogen-bond acceptors (Lipinski definition) is 4. The van der Waals surface area contributed by atoms with Gasteiger partial charge in [-0.1, -0.05) is 17.7 Å². The fourth-order valence-corrected chi connectivity index (χ4v) is 3.09. The third kappa shape index (κ3) is 3.45. The van der Waals surface area contributed by atoms with Crippen molar-refractivity contribution < 1.29 is 0 Å². The van der Waals surface area contributed by atoms with E-state index in [9.17, 15) is 0 Å². The molecule has 0 aliphatic heterocycles. The van der Waals surface area contributed by atoms with Crippen molar-refractivity contribution in [2.24, 2.45) is 0 Å². The molecule has 0 aromatic carbocycles. The lowest BCUT2D eigenvalue weighted by molar-refractivity contribution is 0.788. The summed E-state index contributed by atoms with van der Waals surface area (Å²) in [4.78, 5) is 10.2. The Morgan fingerprint density at radius 2 is 2.32 bits per heavy atom. The van der Waals surface area contributed by atoms with Crippen LogP contribution in [-0.4, -0.2) is 16.0 Å². The topological polar surface area (TPSA) is 37.8 Å². The molecule has 0 spiro atoms. The fraction of sp³-hybridized carbons (Fsp3) is 0.429. The van der Waals surface area contributed by atoms with E-state index in [0.717, 1.165) is 18.1 Å². The minimum Gasteiger partial charge on any atom is -0.367 e. The summed E-state index contributed by atoms with van der Waals surface area (Å²) in [6.45, 7) is 2.16. The zero-order valence-corrected chi connectivity index (χ0v) is 12.3. The van der Waals surface area contributed by atoms with Crippen molar-refractivity contribution in [2.45, 2.75) is 38.1 Å². The van der Waals surface area contributed by atoms with Crippen molar-refractivity contribution in [3.05, 3.63) is 39.4 Å². The van der Waals surface area contributed by atoms with Crippen molar-refractivity contribution >= 4 is 28.8 Å². The lowest BCUT2D eigenvalue weighted by atomic mass is 10.2. The molecule has 0 radical (unpaired) electrons. The van der Waals surface area contributed by atoms with E-state index in [1.807, 2.05) is 0 Å². The number of rotatable bonds is 5. The van der Waals surface area contributed by atoms with Gasteiger partial charge in [-0.15, -0.1) is 11.3 Å². The molecule has 3 rings (SSSR count). The maximum Gasteiger partial charge on any atom is 0.135 e. The van der Waals surface area contributed by atoms with Gasteiger partial charge in [0.1, 0.15) is 16.8 Å². The normalized spacial score (nSPS) is 16.3. The first-order chi connectivity index (χ1) is 9.20. The highest BCUT2D eigenvalue weighted by atomic mass is 35.5. The van der Waals surface area contributed by atoms with E-state index in [-0.39, 0.29) is 0 Å². The Balaban J connectivity index is 1.68. The molecule has 2 heterocycles. The Morgan fingerprint density at radius 1 is 1.47 bits per heavy atom. The number of thiophene rings is 1. The van der Waals surface area contributed by atoms with Gasteiger partial charge in [0.15, 0.2) is 0 Å². The average molecular weight is 294 g/mol. The van der Waals surface area contributed by atoms with Crippen LogP contribution < -0.4 is 5.32 Å². The van der Waals surface area contributed by atoms with Crippen molar-refractivity contribution in [3.63, 3.8) is 0 Å². The zero-order chi connectivity index (χ0) is 13.2. The summed E-state index contributed by atoms with van der Waals surface area (Å²) in [6.07, 6.45) is 3.37. The molecule has 1 atom stereocenters. The summed E-state index contributed by atoms with van der Waals surface area (Å²) in [6, 6.07) is 6.38. The molecule has 0 bridgehead atoms. The van der Waals surface area contributed by atoms with Crippen LogP contribution in [0.2, 0.25) is 5.15 Å². The second-order valence-corrected chi connectivity index (χ2v) is 6.46. The highest BCUT2D eigenvalue weighted by Gasteiger charge is 2.27. The van der Waals surface area contributed by atoms with E-state index in [1.165, 1.54) is 17.7 Å². The highest BCUT2D eigenvalue weighted by Crippen LogP contribution is 2.38. The standard InChI is InChI=1S/C14H16ClN3S/c1-9(7-11-3-2-6-19-11)16-13-8-12(15)17-14(18-13)10-4-5-10/h2-3,6,8-10H,4-5,7H2,1H3,(H,16,17,18). The van der Waals surface area contributed by atoms with Crippen LogP contribution in [-0.2, 0) is 6.42 Å². The van der Waals surface area contributed by atoms with Gasteiger partial charge in [0.25, 0.3) is 0 Å². The van der Waals surface area contributed by atoms with E-state index in [2.05, 4.69) is 39.7 Å². The van der Waals surface area contributed by atoms with Crippen LogP contribution in [0.1, 0.15) is 36.4 Å². The lowest BCUT2D eigenvalue weighted by Gasteiger charge is -2.14. The molecule has 100 valence electrons. The summed E-state index contributed by atoms with van der Waals surface area (Å²) in [5.74, 6) is 2.25. The van der Waals surface area contributed by atoms with Crippen LogP contribution in [0.5, 0.6) is 0 Å². The van der Waals surface area contributed by atoms with Crippen LogP contribution in [0, 0.1) is 0 Å². The molecule has 1 aliphatic carbocycles. The van der Waals surface area contributed by atoms with Crippen LogP contribution >= 0.6 is 22.9 Å². The molecule has 2 aromatic heterocycles. The van der Waals surface area contributed by atoms with Gasteiger partial charge in [-0.25, -0.2) is 9.97 Å². The molecule has 0 amide bonds. The summed E-state index contributed by atoms with van der Waals surface area (Å²) in [5, 5.41) is 6.05. The van der Waals surface area contributed by atoms with E-state index in [1.54, 1.807) is 17.4 Å². The molecule has 1 N–H and O–H groups in total. The Kier molecular flexibility index (Phi) is 3.71. The number of hydrogen-bond donors (Lipinski definition) is 1. The van der Waals surface area contributed by atoms with Gasteiger partial charge in [0, 0.05) is 29.3 Å². The molecule has 0 saturated heterocycles. The number of aromatic nitrogens is 2. The lowest BCUT2D eigenvalue weighted by Crippen LogP contribution is -2.18. The minimum absolute atomic E-state index is 0.330. The third-order valence-corrected chi connectivity index (χ3v) is 4.23. The smallest absolute Gasteiger partial charge is 0.135 e. The molecule has 1 unspecified atom stereocenters. The average Bonchev–Trinajstić information content (AvgIpc) is 3.08. The number of halogens is 1. The molecular formula is C14H16ClN3S. The number of anilines is 1. The van der Waals surface area contributed by atoms with E-state index in [0.29, 0.717) is 17.1 Å². The van der Waals surface area contributed by atoms with Gasteiger partial charge in [0.2, 0.25) is 0 Å². The van der Waals surface area contributed by atoms with Gasteiger partial charge in [-0.2, -0.15) is 0 Å². The van der Waals surface area contributed by atoms with Crippen molar-refractivity contribution in [3.8, 4) is 0 Å². The SMILES string of the molecule is CC(Cc1cccs1)Nc1cc(Cl)nc(C2CC2)n1. The van der Waals surface area contributed by atoms with Crippen molar-refractivity contribution in [2.75, 3.05) is 5.32 Å². The van der Waals surface area contributed by atoms with Gasteiger partial charge >= 0.3 is 0 Å². The van der Waals surface area contributed by atoms with Crippen LogP contribution in [0.25, 0.3) is 0 Å². The third-order valence-electron chi connectivity index (χ3n) is 3.14. The first-order valence-electron chi connectivity index (χ1n) is 6.54. The largest absolute Gasteiger partial charge is 0.367 e. The van der Waals surface area contributed by atoms with Gasteiger partial charge in [-0.05, 0) is 31.2 Å². The number of nitrogens with one attached hydrogen (secondary N) is 1. The van der Waals surface area contributed by atoms with Crippen LogP contribution in [0.15, 0.2) is 23.6 Å². The van der Waals surface area contributed by atoms with Gasteiger partial charge in [-0.3, -0.25) is 0 Å². The zero-order valence-electron chi connectivity index (χ0n) is 10.8. The maximum absolute atomic E-state index is 6.06. The Bertz CT molecular complexity index is 552. The van der Waals surface area contributed by atoms with E-state index >= 15 is 0 Å². The predicted molar refractivity (Wildman–Crippen MR) is 80.1 cm³/mol. The molecule has 5 heteroatoms. The maximum atomic E-state index is 6.06. The quantitative estimate of drug-likeness (QED) is 0.843. The summed E-state index contributed by atoms with van der Waals surface area (Å²) < 4.78 is 0. The number of nitrogens with zero attached hydrogens (tertiary/aromatic N) is 2. The monoisotopic (exact) mass is 293 g/mol. The predicted octanol–water partition coefficient (Wildman–Crippen LogP) is 4.11. The van der Waals surface area contributed by atoms with Crippen molar-refractivity contribution in [1.29, 1.82) is 0 Å². The second-order valence-electron chi connectivity index (χ2n) is 5.04. The Labute approximate surface area is 122 Å². The van der Waals surface area contributed by atoms with Crippen LogP contribution in [0.3, 0.4) is 0 Å². The first-order valence-corrected chi connectivity index (χ1v) is 7.80. The van der Waals surface area contributed by atoms with Gasteiger partial charge < -0.3 is 5.32 Å². The Morgan fingerprint density at radius 3 is 3.00 bits per heavy atom. The molecule has 1 saturated carbocycles. The molecule has 2 aromatic rings. The molecule has 3 nitrogen and oxygen atoms in total.